The molecule has 3 saturated heterocycles. The summed E-state index contributed by atoms with van der Waals surface area (Å²) < 4.78 is 11.3. The number of nitrogens with one attached hydrogen (secondary N) is 2. The lowest BCUT2D eigenvalue weighted by atomic mass is 10.0. The summed E-state index contributed by atoms with van der Waals surface area (Å²) in [5.74, 6) is 1.43. The summed E-state index contributed by atoms with van der Waals surface area (Å²) in [6.07, 6.45) is 9.82. The molecule has 11 heteroatoms. The maximum Gasteiger partial charge on any atom is 0.230 e. The third-order valence-electron chi connectivity index (χ3n) is 7.73. The zero-order valence-electron chi connectivity index (χ0n) is 21.8. The second-order valence-electron chi connectivity index (χ2n) is 10.2. The van der Waals surface area contributed by atoms with Crippen LogP contribution in [0.1, 0.15) is 24.8 Å². The molecule has 3 fully saturated rings. The van der Waals surface area contributed by atoms with Gasteiger partial charge in [-0.15, -0.1) is 0 Å². The summed E-state index contributed by atoms with van der Waals surface area (Å²) in [6, 6.07) is 8.52. The second kappa shape index (κ2) is 11.5. The number of aromatic nitrogens is 3. The molecule has 6 rings (SSSR count). The van der Waals surface area contributed by atoms with Gasteiger partial charge in [0.1, 0.15) is 24.3 Å². The van der Waals surface area contributed by atoms with E-state index >= 15 is 0 Å². The molecule has 39 heavy (non-hydrogen) atoms. The van der Waals surface area contributed by atoms with Gasteiger partial charge >= 0.3 is 0 Å². The number of allylic oxidation sites excluding steroid dienone is 1. The van der Waals surface area contributed by atoms with Crippen molar-refractivity contribution in [3.63, 3.8) is 0 Å². The minimum absolute atomic E-state index is 0.0259. The molecule has 1 aliphatic carbocycles. The van der Waals surface area contributed by atoms with Crippen molar-refractivity contribution < 1.29 is 14.3 Å². The van der Waals surface area contributed by atoms with E-state index in [4.69, 9.17) is 9.47 Å². The van der Waals surface area contributed by atoms with Crippen LogP contribution < -0.4 is 15.4 Å². The molecule has 0 saturated carbocycles. The van der Waals surface area contributed by atoms with Gasteiger partial charge in [-0.1, -0.05) is 12.2 Å². The Hall–Kier alpha value is -3.85. The molecule has 1 aromatic carbocycles. The molecule has 3 aliphatic heterocycles. The zero-order valence-corrected chi connectivity index (χ0v) is 21.8. The Morgan fingerprint density at radius 1 is 1.15 bits per heavy atom. The molecule has 0 spiro atoms. The Morgan fingerprint density at radius 3 is 2.69 bits per heavy atom. The number of carbonyl (C=O) groups excluding carboxylic acids is 1. The number of anilines is 1. The summed E-state index contributed by atoms with van der Waals surface area (Å²) in [6.45, 7) is 6.53. The number of carbonyl (C=O) groups is 1. The van der Waals surface area contributed by atoms with Crippen molar-refractivity contribution in [2.45, 2.75) is 37.5 Å². The number of amides is 1. The molecule has 202 valence electrons. The number of benzene rings is 1. The molecule has 2 aromatic rings. The fraction of sp³-hybridized carbons (Fsp3) is 0.464. The van der Waals surface area contributed by atoms with E-state index in [2.05, 4.69) is 59.7 Å². The predicted molar refractivity (Wildman–Crippen MR) is 144 cm³/mol. The van der Waals surface area contributed by atoms with Crippen LogP contribution in [0.2, 0.25) is 0 Å². The number of piperazine rings is 1. The maximum atomic E-state index is 11.4. The normalized spacial score (nSPS) is 24.3. The smallest absolute Gasteiger partial charge is 0.230 e. The summed E-state index contributed by atoms with van der Waals surface area (Å²) >= 11 is 0. The Kier molecular flexibility index (Phi) is 7.49. The first kappa shape index (κ1) is 25.4. The lowest BCUT2D eigenvalue weighted by Crippen LogP contribution is -2.57. The van der Waals surface area contributed by atoms with Crippen LogP contribution in [-0.2, 0) is 9.53 Å². The molecule has 4 aliphatic rings. The van der Waals surface area contributed by atoms with Crippen LogP contribution in [0.5, 0.6) is 5.75 Å². The first-order valence-electron chi connectivity index (χ1n) is 13.5. The molecule has 1 aromatic heterocycles. The Bertz CT molecular complexity index is 1300. The maximum absolute atomic E-state index is 11.4. The summed E-state index contributed by atoms with van der Waals surface area (Å²) in [7, 11) is 0. The van der Waals surface area contributed by atoms with Crippen molar-refractivity contribution in [2.24, 2.45) is 0 Å². The average molecular weight is 529 g/mol. The lowest BCUT2D eigenvalue weighted by Gasteiger charge is -2.44. The number of hydrogen-bond donors (Lipinski definition) is 2. The summed E-state index contributed by atoms with van der Waals surface area (Å²) in [4.78, 5) is 29.7. The molecule has 2 atom stereocenters. The number of nitrogens with zero attached hydrogens (tertiary/aromatic N) is 6. The van der Waals surface area contributed by atoms with Gasteiger partial charge in [-0.25, -0.2) is 9.97 Å². The highest BCUT2D eigenvalue weighted by Crippen LogP contribution is 2.27. The van der Waals surface area contributed by atoms with Gasteiger partial charge in [0.05, 0.1) is 31.4 Å². The molecule has 1 unspecified atom stereocenters. The van der Waals surface area contributed by atoms with Crippen molar-refractivity contribution in [2.75, 3.05) is 51.3 Å². The van der Waals surface area contributed by atoms with E-state index in [1.165, 1.54) is 6.33 Å². The van der Waals surface area contributed by atoms with E-state index in [9.17, 15) is 10.1 Å². The van der Waals surface area contributed by atoms with Crippen molar-refractivity contribution >= 4 is 11.9 Å². The zero-order chi connectivity index (χ0) is 26.6. The monoisotopic (exact) mass is 528 g/mol. The van der Waals surface area contributed by atoms with Crippen LogP contribution in [0.15, 0.2) is 48.5 Å². The summed E-state index contributed by atoms with van der Waals surface area (Å²) in [5.41, 5.74) is 2.04. The fourth-order valence-electron chi connectivity index (χ4n) is 5.32. The Balaban J connectivity index is 1.06. The van der Waals surface area contributed by atoms with E-state index in [0.717, 1.165) is 51.5 Å². The highest BCUT2D eigenvalue weighted by molar-refractivity contribution is 5.76. The van der Waals surface area contributed by atoms with Gasteiger partial charge in [-0.05, 0) is 37.1 Å². The standard InChI is InChI=1S/C28H32N8O3/c29-14-20-13-19(1-7-25(20)39-24-6-8-26(37)30-15-24)27-31-18-32-28(34-27)33-21-2-4-22(5-3-21)35-9-11-36(12-10-35)23-16-38-17-23/h1-4,7,13,18,22-24H,5-6,8-12,15-17H2,(H,30,37)(H,31,32,33,34)/t22?,24-/m0/s1. The van der Waals surface area contributed by atoms with Crippen LogP contribution in [0.4, 0.5) is 5.95 Å². The third kappa shape index (κ3) is 5.93. The van der Waals surface area contributed by atoms with Gasteiger partial charge < -0.3 is 20.1 Å². The Labute approximate surface area is 227 Å². The van der Waals surface area contributed by atoms with Gasteiger partial charge in [0.25, 0.3) is 0 Å². The van der Waals surface area contributed by atoms with Gasteiger partial charge in [-0.2, -0.15) is 10.2 Å². The van der Waals surface area contributed by atoms with Crippen LogP contribution in [0.25, 0.3) is 11.4 Å². The van der Waals surface area contributed by atoms with E-state index in [1.54, 1.807) is 12.1 Å². The summed E-state index contributed by atoms with van der Waals surface area (Å²) in [5, 5.41) is 15.8. The van der Waals surface area contributed by atoms with Crippen LogP contribution in [0, 0.1) is 11.3 Å². The van der Waals surface area contributed by atoms with Crippen molar-refractivity contribution in [3.05, 3.63) is 54.0 Å². The Morgan fingerprint density at radius 2 is 2.00 bits per heavy atom. The number of hydrogen-bond acceptors (Lipinski definition) is 10. The topological polar surface area (TPSA) is 129 Å². The average Bonchev–Trinajstić information content (AvgIpc) is 2.95. The minimum atomic E-state index is -0.155. The van der Waals surface area contributed by atoms with Gasteiger partial charge in [-0.3, -0.25) is 14.6 Å². The van der Waals surface area contributed by atoms with Crippen molar-refractivity contribution in [1.29, 1.82) is 5.26 Å². The first-order valence-corrected chi connectivity index (χ1v) is 13.5. The number of ether oxygens (including phenoxy) is 2. The van der Waals surface area contributed by atoms with Gasteiger partial charge in [0.15, 0.2) is 5.82 Å². The molecule has 2 N–H and O–H groups in total. The highest BCUT2D eigenvalue weighted by atomic mass is 16.5. The van der Waals surface area contributed by atoms with Crippen molar-refractivity contribution in [3.8, 4) is 23.2 Å². The number of piperidine rings is 1. The van der Waals surface area contributed by atoms with Gasteiger partial charge in [0.2, 0.25) is 11.9 Å². The molecule has 0 radical (unpaired) electrons. The van der Waals surface area contributed by atoms with E-state index in [-0.39, 0.29) is 12.0 Å². The quantitative estimate of drug-likeness (QED) is 0.548. The number of rotatable bonds is 7. The molecule has 0 bridgehead atoms. The molecule has 1 amide bonds. The molecular weight excluding hydrogens is 496 g/mol. The molecule has 11 nitrogen and oxygen atoms in total. The van der Waals surface area contributed by atoms with Crippen LogP contribution >= 0.6 is 0 Å². The van der Waals surface area contributed by atoms with Crippen LogP contribution in [0.3, 0.4) is 0 Å². The molecule has 4 heterocycles. The SMILES string of the molecule is N#Cc1cc(-c2ncnc(NC3=CCC(N4CCN(C5COC5)CC4)C=C3)n2)ccc1O[C@H]1CCC(=O)NC1. The third-order valence-corrected chi connectivity index (χ3v) is 7.73. The van der Waals surface area contributed by atoms with E-state index in [0.29, 0.717) is 60.1 Å². The van der Waals surface area contributed by atoms with Crippen LogP contribution in [-0.4, -0.2) is 94.8 Å². The van der Waals surface area contributed by atoms with E-state index < -0.39 is 0 Å². The van der Waals surface area contributed by atoms with Gasteiger partial charge in [0, 0.05) is 49.9 Å². The predicted octanol–water partition coefficient (Wildman–Crippen LogP) is 1.71. The highest BCUT2D eigenvalue weighted by Gasteiger charge is 2.30. The first-order chi connectivity index (χ1) is 19.1. The second-order valence-corrected chi connectivity index (χ2v) is 10.2. The number of nitriles is 1. The minimum Gasteiger partial charge on any atom is -0.487 e. The fourth-order valence-corrected chi connectivity index (χ4v) is 5.32. The largest absolute Gasteiger partial charge is 0.487 e. The van der Waals surface area contributed by atoms with E-state index in [1.807, 2.05) is 6.07 Å². The van der Waals surface area contributed by atoms with Crippen molar-refractivity contribution in [1.82, 2.24) is 30.1 Å². The molecular formula is C28H32N8O3. The lowest BCUT2D eigenvalue weighted by molar-refractivity contribution is -0.123.